The van der Waals surface area contributed by atoms with Crippen molar-refractivity contribution >= 4 is 33.6 Å². The van der Waals surface area contributed by atoms with E-state index in [0.29, 0.717) is 0 Å². The molecule has 82 valence electrons. The normalized spacial score (nSPS) is 11.3. The smallest absolute Gasteiger partial charge is 0.0348 e. The van der Waals surface area contributed by atoms with Crippen LogP contribution in [0.4, 0.5) is 0 Å². The van der Waals surface area contributed by atoms with E-state index in [1.807, 2.05) is 6.07 Å². The Hall–Kier alpha value is -1.86. The number of fused-ring (bicyclic) bond motifs is 1. The molecule has 0 aliphatic heterocycles. The summed E-state index contributed by atoms with van der Waals surface area (Å²) in [5.74, 6) is 0. The van der Waals surface area contributed by atoms with Gasteiger partial charge in [0.1, 0.15) is 0 Å². The van der Waals surface area contributed by atoms with Crippen LogP contribution in [0.2, 0.25) is 0 Å². The van der Waals surface area contributed by atoms with Gasteiger partial charge in [0.2, 0.25) is 0 Å². The quantitative estimate of drug-likeness (QED) is 0.582. The predicted molar refractivity (Wildman–Crippen MR) is 77.2 cm³/mol. The fourth-order valence-corrected chi connectivity index (χ4v) is 2.81. The van der Waals surface area contributed by atoms with Crippen molar-refractivity contribution in [3.05, 3.63) is 71.1 Å². The molecule has 0 N–H and O–H groups in total. The Labute approximate surface area is 105 Å². The van der Waals surface area contributed by atoms with Crippen LogP contribution in [-0.2, 0) is 0 Å². The van der Waals surface area contributed by atoms with Gasteiger partial charge in [-0.1, -0.05) is 60.7 Å². The highest BCUT2D eigenvalue weighted by atomic mass is 32.1. The van der Waals surface area contributed by atoms with Crippen molar-refractivity contribution in [3.8, 4) is 0 Å². The molecule has 1 heteroatoms. The van der Waals surface area contributed by atoms with Crippen LogP contribution in [0.5, 0.6) is 0 Å². The van der Waals surface area contributed by atoms with E-state index < -0.39 is 0 Å². The summed E-state index contributed by atoms with van der Waals surface area (Å²) in [4.78, 5) is 0. The molecular weight excluding hydrogens is 224 g/mol. The summed E-state index contributed by atoms with van der Waals surface area (Å²) in [6.07, 6.45) is 4.35. The highest BCUT2D eigenvalue weighted by molar-refractivity contribution is 7.17. The third-order valence-electron chi connectivity index (χ3n) is 2.77. The lowest BCUT2D eigenvalue weighted by Gasteiger charge is -1.92. The Balaban J connectivity index is 1.98. The van der Waals surface area contributed by atoms with Gasteiger partial charge in [-0.3, -0.25) is 0 Å². The fourth-order valence-electron chi connectivity index (χ4n) is 1.88. The zero-order chi connectivity index (χ0) is 11.5. The zero-order valence-corrected chi connectivity index (χ0v) is 10.2. The third-order valence-corrected chi connectivity index (χ3v) is 3.75. The number of rotatable bonds is 2. The van der Waals surface area contributed by atoms with Gasteiger partial charge in [-0.25, -0.2) is 0 Å². The summed E-state index contributed by atoms with van der Waals surface area (Å²) in [5.41, 5.74) is 2.54. The van der Waals surface area contributed by atoms with E-state index in [0.717, 1.165) is 0 Å². The second kappa shape index (κ2) is 4.56. The van der Waals surface area contributed by atoms with Crippen molar-refractivity contribution in [3.63, 3.8) is 0 Å². The molecule has 1 aromatic heterocycles. The van der Waals surface area contributed by atoms with Gasteiger partial charge in [0.25, 0.3) is 0 Å². The van der Waals surface area contributed by atoms with Crippen molar-refractivity contribution in [2.75, 3.05) is 0 Å². The van der Waals surface area contributed by atoms with Gasteiger partial charge in [0.05, 0.1) is 0 Å². The fraction of sp³-hybridized carbons (Fsp3) is 0. The molecule has 0 saturated heterocycles. The van der Waals surface area contributed by atoms with Gasteiger partial charge >= 0.3 is 0 Å². The van der Waals surface area contributed by atoms with Crippen molar-refractivity contribution in [2.24, 2.45) is 0 Å². The molecule has 0 fully saturated rings. The maximum Gasteiger partial charge on any atom is 0.0348 e. The minimum absolute atomic E-state index is 1.24. The van der Waals surface area contributed by atoms with E-state index in [1.54, 1.807) is 11.3 Å². The summed E-state index contributed by atoms with van der Waals surface area (Å²) in [5, 5.41) is 3.55. The van der Waals surface area contributed by atoms with Crippen LogP contribution in [-0.4, -0.2) is 0 Å². The molecule has 17 heavy (non-hydrogen) atoms. The zero-order valence-electron chi connectivity index (χ0n) is 9.34. The third kappa shape index (κ3) is 2.15. The monoisotopic (exact) mass is 236 g/mol. The van der Waals surface area contributed by atoms with E-state index in [2.05, 4.69) is 66.1 Å². The molecule has 0 atom stereocenters. The van der Waals surface area contributed by atoms with Crippen LogP contribution in [0.3, 0.4) is 0 Å². The number of benzene rings is 2. The number of hydrogen-bond acceptors (Lipinski definition) is 1. The molecule has 0 aliphatic rings. The van der Waals surface area contributed by atoms with Crippen LogP contribution in [0.25, 0.3) is 22.2 Å². The van der Waals surface area contributed by atoms with Crippen LogP contribution >= 0.6 is 11.3 Å². The van der Waals surface area contributed by atoms with Gasteiger partial charge in [-0.15, -0.1) is 11.3 Å². The van der Waals surface area contributed by atoms with Crippen molar-refractivity contribution in [2.45, 2.75) is 0 Å². The number of hydrogen-bond donors (Lipinski definition) is 0. The molecular formula is C16H12S. The molecule has 3 rings (SSSR count). The molecule has 0 amide bonds. The molecule has 0 bridgehead atoms. The van der Waals surface area contributed by atoms with E-state index in [4.69, 9.17) is 0 Å². The molecule has 0 nitrogen and oxygen atoms in total. The molecule has 3 aromatic rings. The van der Waals surface area contributed by atoms with Gasteiger partial charge in [-0.2, -0.15) is 0 Å². The van der Waals surface area contributed by atoms with Crippen molar-refractivity contribution in [1.29, 1.82) is 0 Å². The molecule has 2 aromatic carbocycles. The lowest BCUT2D eigenvalue weighted by molar-refractivity contribution is 1.67. The Morgan fingerprint density at radius 2 is 1.53 bits per heavy atom. The van der Waals surface area contributed by atoms with E-state index in [9.17, 15) is 0 Å². The first-order valence-corrected chi connectivity index (χ1v) is 6.51. The Kier molecular flexibility index (Phi) is 2.76. The van der Waals surface area contributed by atoms with Crippen molar-refractivity contribution in [1.82, 2.24) is 0 Å². The average Bonchev–Trinajstić information content (AvgIpc) is 2.81. The Bertz CT molecular complexity index is 647. The summed E-state index contributed by atoms with van der Waals surface area (Å²) >= 11 is 1.80. The largest absolute Gasteiger partial charge is 0.143 e. The topological polar surface area (TPSA) is 0 Å². The van der Waals surface area contributed by atoms with Gasteiger partial charge in [0.15, 0.2) is 0 Å². The van der Waals surface area contributed by atoms with Crippen molar-refractivity contribution < 1.29 is 0 Å². The average molecular weight is 236 g/mol. The maximum atomic E-state index is 2.21. The first-order chi connectivity index (χ1) is 8.43. The van der Waals surface area contributed by atoms with Gasteiger partial charge < -0.3 is 0 Å². The highest BCUT2D eigenvalue weighted by Gasteiger charge is 1.98. The van der Waals surface area contributed by atoms with Crippen LogP contribution < -0.4 is 0 Å². The second-order valence-electron chi connectivity index (χ2n) is 3.93. The Morgan fingerprint density at radius 3 is 2.41 bits per heavy atom. The summed E-state index contributed by atoms with van der Waals surface area (Å²) in [7, 11) is 0. The lowest BCUT2D eigenvalue weighted by atomic mass is 10.1. The van der Waals surface area contributed by atoms with Crippen LogP contribution in [0, 0.1) is 0 Å². The Morgan fingerprint density at radius 1 is 0.765 bits per heavy atom. The predicted octanol–water partition coefficient (Wildman–Crippen LogP) is 5.07. The molecule has 0 spiro atoms. The first kappa shape index (κ1) is 10.3. The SMILES string of the molecule is C(=C/c1csc2ccccc12)/c1ccccc1. The standard InChI is InChI=1S/C16H12S/c1-2-6-13(7-3-1)10-11-14-12-17-16-9-5-4-8-15(14)16/h1-12H/b11-10-. The molecule has 0 aliphatic carbocycles. The summed E-state index contributed by atoms with van der Waals surface area (Å²) < 4.78 is 1.35. The minimum Gasteiger partial charge on any atom is -0.143 e. The van der Waals surface area contributed by atoms with Crippen LogP contribution in [0.15, 0.2) is 60.0 Å². The minimum atomic E-state index is 1.24. The lowest BCUT2D eigenvalue weighted by Crippen LogP contribution is -1.70. The first-order valence-electron chi connectivity index (χ1n) is 5.63. The van der Waals surface area contributed by atoms with Crippen LogP contribution in [0.1, 0.15) is 11.1 Å². The molecule has 0 saturated carbocycles. The van der Waals surface area contributed by atoms with Gasteiger partial charge in [0, 0.05) is 4.70 Å². The molecule has 0 unspecified atom stereocenters. The van der Waals surface area contributed by atoms with E-state index in [-0.39, 0.29) is 0 Å². The number of thiophene rings is 1. The highest BCUT2D eigenvalue weighted by Crippen LogP contribution is 2.26. The molecule has 0 radical (unpaired) electrons. The molecule has 1 heterocycles. The summed E-state index contributed by atoms with van der Waals surface area (Å²) in [6, 6.07) is 18.9. The second-order valence-corrected chi connectivity index (χ2v) is 4.84. The van der Waals surface area contributed by atoms with E-state index >= 15 is 0 Å². The summed E-state index contributed by atoms with van der Waals surface area (Å²) in [6.45, 7) is 0. The maximum absolute atomic E-state index is 2.21. The van der Waals surface area contributed by atoms with Gasteiger partial charge in [-0.05, 0) is 28.0 Å². The van der Waals surface area contributed by atoms with E-state index in [1.165, 1.54) is 21.2 Å².